The van der Waals surface area contributed by atoms with Gasteiger partial charge in [0.25, 0.3) is 0 Å². The van der Waals surface area contributed by atoms with E-state index in [1.807, 2.05) is 0 Å². The normalized spacial score (nSPS) is 24.4. The van der Waals surface area contributed by atoms with Crippen LogP contribution in [-0.4, -0.2) is 167 Å². The first-order valence-electron chi connectivity index (χ1n) is 35.0. The molecule has 1 saturated heterocycles. The van der Waals surface area contributed by atoms with E-state index in [4.69, 9.17) is 11.5 Å². The topological polar surface area (TPSA) is 442 Å². The molecule has 1 fully saturated rings. The minimum Gasteiger partial charge on any atom is -0.508 e. The van der Waals surface area contributed by atoms with Gasteiger partial charge in [0.1, 0.15) is 84.0 Å². The second-order valence-electron chi connectivity index (χ2n) is 27.7. The predicted octanol–water partition coefficient (Wildman–Crippen LogP) is 1.12. The number of aromatic hydroxyl groups is 2. The zero-order valence-electron chi connectivity index (χ0n) is 60.1. The lowest BCUT2D eigenvalue weighted by atomic mass is 9.99. The fraction of sp³-hybridized carbons (Fsp3) is 0.514. The molecule has 12 amide bonds. The standard InChI is InChI=1S/C74H106N14O14/c1-41(2)35-55-69(97)85-57(37-47-19-13-11-14-20-47)67(95)77-45(9)63(91)81-60(40-50-27-31-52(90)32-28-50)72(100)88-62(44(7)8)74(102)80-54(24-18-34-76)66(94)84-56(36-42(3)4)70(98)86-58(38-48-21-15-12-16-22-48)68(96)78-46(10)64(92)82-59(39-49-25-29-51(89)30-26-49)71(99)87-61(43(5)6)73(101)79-53(23-17-33-75)65(93)83-55/h11-16,19-22,25-32,41-46,53-62,89-90H,17-18,23-24,33-40,75-76H2,1-10H3,(H,77,95)(H,78,96)(H,79,101)(H,80,102)(H,81,91)(H,82,92)(H,83,93)(H,84,94)(H,85,97)(H,86,98)(H,87,99)(H,88,100)/t45-,46-,53-,54-,55-,56-,57+,58+,59+,60+,61-,62-/m0/s1. The lowest BCUT2D eigenvalue weighted by Crippen LogP contribution is -2.62. The van der Waals surface area contributed by atoms with Crippen LogP contribution < -0.4 is 75.3 Å². The van der Waals surface area contributed by atoms with Gasteiger partial charge in [0.05, 0.1) is 0 Å². The van der Waals surface area contributed by atoms with Gasteiger partial charge in [-0.1, -0.05) is 140 Å². The van der Waals surface area contributed by atoms with Crippen molar-refractivity contribution in [1.29, 1.82) is 0 Å². The molecule has 18 N–H and O–H groups in total. The molecule has 0 aromatic heterocycles. The largest absolute Gasteiger partial charge is 0.508 e. The molecule has 0 bridgehead atoms. The van der Waals surface area contributed by atoms with E-state index in [2.05, 4.69) is 63.8 Å². The summed E-state index contributed by atoms with van der Waals surface area (Å²) in [4.78, 5) is 175. The fourth-order valence-corrected chi connectivity index (χ4v) is 11.4. The van der Waals surface area contributed by atoms with E-state index in [9.17, 15) is 67.7 Å². The Morgan fingerprint density at radius 2 is 0.549 bits per heavy atom. The van der Waals surface area contributed by atoms with Gasteiger partial charge in [-0.2, -0.15) is 0 Å². The van der Waals surface area contributed by atoms with Crippen molar-refractivity contribution in [2.24, 2.45) is 35.1 Å². The Labute approximate surface area is 597 Å². The second-order valence-corrected chi connectivity index (χ2v) is 27.7. The molecule has 0 spiro atoms. The van der Waals surface area contributed by atoms with Crippen LogP contribution in [0.4, 0.5) is 0 Å². The molecule has 0 saturated carbocycles. The number of phenolic OH excluding ortho intramolecular Hbond substituents is 2. The number of carbonyl (C=O) groups excluding carboxylic acids is 12. The Kier molecular flexibility index (Phi) is 33.3. The Balaban J connectivity index is 1.61. The average Bonchev–Trinajstić information content (AvgIpc) is 0.855. The van der Waals surface area contributed by atoms with Crippen LogP contribution in [0.25, 0.3) is 0 Å². The van der Waals surface area contributed by atoms with Gasteiger partial charge >= 0.3 is 0 Å². The molecule has 4 aromatic rings. The molecule has 0 unspecified atom stereocenters. The zero-order chi connectivity index (χ0) is 75.3. The second kappa shape index (κ2) is 41.1. The Bertz CT molecular complexity index is 3230. The molecule has 28 heteroatoms. The lowest BCUT2D eigenvalue weighted by molar-refractivity contribution is -0.137. The van der Waals surface area contributed by atoms with Crippen LogP contribution in [0.1, 0.15) is 130 Å². The van der Waals surface area contributed by atoms with Gasteiger partial charge in [0.15, 0.2) is 0 Å². The van der Waals surface area contributed by atoms with E-state index in [1.54, 1.807) is 116 Å². The number of hydrogen-bond acceptors (Lipinski definition) is 16. The van der Waals surface area contributed by atoms with E-state index in [0.29, 0.717) is 22.3 Å². The number of nitrogens with one attached hydrogen (secondary N) is 12. The van der Waals surface area contributed by atoms with Crippen LogP contribution >= 0.6 is 0 Å². The molecule has 28 nitrogen and oxygen atoms in total. The maximum absolute atomic E-state index is 14.7. The van der Waals surface area contributed by atoms with E-state index in [0.717, 1.165) is 0 Å². The van der Waals surface area contributed by atoms with Crippen LogP contribution in [0.15, 0.2) is 109 Å². The highest BCUT2D eigenvalue weighted by Crippen LogP contribution is 2.18. The molecular formula is C74H106N14O14. The number of amides is 12. The van der Waals surface area contributed by atoms with Crippen molar-refractivity contribution >= 4 is 70.9 Å². The first kappa shape index (κ1) is 82.7. The quantitative estimate of drug-likeness (QED) is 0.0590. The highest BCUT2D eigenvalue weighted by atomic mass is 16.3. The molecule has 1 aliphatic heterocycles. The van der Waals surface area contributed by atoms with Gasteiger partial charge in [-0.25, -0.2) is 0 Å². The van der Waals surface area contributed by atoms with Crippen molar-refractivity contribution in [1.82, 2.24) is 63.8 Å². The van der Waals surface area contributed by atoms with Crippen LogP contribution in [-0.2, 0) is 83.2 Å². The number of hydrogen-bond donors (Lipinski definition) is 16. The SMILES string of the molecule is CC(C)C[C@@H]1NC(=O)[C@H](CCCN)NC(=O)[C@H](C(C)C)NC(=O)[C@@H](Cc2ccc(O)cc2)NC(=O)[C@H](C)NC(=O)[C@@H](Cc2ccccc2)NC(=O)[C@H](CC(C)C)NC(=O)[C@H](CCCN)NC(=O)[C@H](C(C)C)NC(=O)[C@@H](Cc2ccc(O)cc2)NC(=O)[C@H](C)NC(=O)[C@@H](Cc2ccccc2)NC1=O. The van der Waals surface area contributed by atoms with Gasteiger partial charge in [-0.3, -0.25) is 57.5 Å². The van der Waals surface area contributed by atoms with Gasteiger partial charge in [0, 0.05) is 25.7 Å². The lowest BCUT2D eigenvalue weighted by Gasteiger charge is -2.30. The summed E-state index contributed by atoms with van der Waals surface area (Å²) in [7, 11) is 0. The Morgan fingerprint density at radius 1 is 0.304 bits per heavy atom. The van der Waals surface area contributed by atoms with E-state index in [1.165, 1.54) is 62.4 Å². The molecule has 556 valence electrons. The van der Waals surface area contributed by atoms with Crippen LogP contribution in [0.3, 0.4) is 0 Å². The summed E-state index contributed by atoms with van der Waals surface area (Å²) in [5, 5.41) is 53.1. The first-order chi connectivity index (χ1) is 48.3. The molecule has 5 rings (SSSR count). The Hall–Kier alpha value is -9.96. The zero-order valence-corrected chi connectivity index (χ0v) is 60.1. The molecule has 1 heterocycles. The number of nitrogens with two attached hydrogens (primary N) is 2. The van der Waals surface area contributed by atoms with Crippen molar-refractivity contribution in [3.63, 3.8) is 0 Å². The van der Waals surface area contributed by atoms with Crippen LogP contribution in [0, 0.1) is 23.7 Å². The summed E-state index contributed by atoms with van der Waals surface area (Å²) in [6, 6.07) is 12.4. The van der Waals surface area contributed by atoms with Gasteiger partial charge in [-0.05, 0) is 136 Å². The summed E-state index contributed by atoms with van der Waals surface area (Å²) in [5.41, 5.74) is 14.0. The third kappa shape index (κ3) is 27.2. The number of rotatable bonds is 20. The van der Waals surface area contributed by atoms with Crippen LogP contribution in [0.5, 0.6) is 11.5 Å². The first-order valence-corrected chi connectivity index (χ1v) is 35.0. The number of phenols is 2. The average molecular weight is 1420 g/mol. The third-order valence-corrected chi connectivity index (χ3v) is 17.2. The monoisotopic (exact) mass is 1410 g/mol. The van der Waals surface area contributed by atoms with Gasteiger partial charge in [-0.15, -0.1) is 0 Å². The smallest absolute Gasteiger partial charge is 0.243 e. The molecule has 102 heavy (non-hydrogen) atoms. The molecule has 0 aliphatic carbocycles. The fourth-order valence-electron chi connectivity index (χ4n) is 11.4. The molecule has 1 aliphatic rings. The maximum Gasteiger partial charge on any atom is 0.243 e. The van der Waals surface area contributed by atoms with E-state index in [-0.39, 0.29) is 101 Å². The highest BCUT2D eigenvalue weighted by molar-refractivity contribution is 6.00. The van der Waals surface area contributed by atoms with Crippen molar-refractivity contribution in [2.45, 2.75) is 206 Å². The summed E-state index contributed by atoms with van der Waals surface area (Å²) in [6.45, 7) is 16.7. The summed E-state index contributed by atoms with van der Waals surface area (Å²) in [6.07, 6.45) is -0.175. The van der Waals surface area contributed by atoms with E-state index >= 15 is 0 Å². The van der Waals surface area contributed by atoms with Crippen molar-refractivity contribution in [3.8, 4) is 11.5 Å². The third-order valence-electron chi connectivity index (χ3n) is 17.2. The number of benzene rings is 4. The Morgan fingerprint density at radius 3 is 0.833 bits per heavy atom. The highest BCUT2D eigenvalue weighted by Gasteiger charge is 2.38. The molecule has 12 atom stereocenters. The van der Waals surface area contributed by atoms with Gasteiger partial charge < -0.3 is 85.5 Å². The summed E-state index contributed by atoms with van der Waals surface area (Å²) < 4.78 is 0. The maximum atomic E-state index is 14.7. The predicted molar refractivity (Wildman–Crippen MR) is 384 cm³/mol. The van der Waals surface area contributed by atoms with Gasteiger partial charge in [0.2, 0.25) is 70.9 Å². The van der Waals surface area contributed by atoms with E-state index < -0.39 is 155 Å². The number of carbonyl (C=O) groups is 12. The van der Waals surface area contributed by atoms with Crippen molar-refractivity contribution in [2.75, 3.05) is 13.1 Å². The van der Waals surface area contributed by atoms with Crippen molar-refractivity contribution < 1.29 is 67.7 Å². The minimum atomic E-state index is -1.45. The van der Waals surface area contributed by atoms with Crippen LogP contribution in [0.2, 0.25) is 0 Å². The summed E-state index contributed by atoms with van der Waals surface area (Å²) >= 11 is 0. The molecule has 4 aromatic carbocycles. The summed E-state index contributed by atoms with van der Waals surface area (Å²) in [5.74, 6) is -11.9. The molecular weight excluding hydrogens is 1310 g/mol. The molecule has 0 radical (unpaired) electrons. The minimum absolute atomic E-state index is 0.0307. The van der Waals surface area contributed by atoms with Crippen molar-refractivity contribution in [3.05, 3.63) is 131 Å².